The van der Waals surface area contributed by atoms with Crippen molar-refractivity contribution >= 4 is 17.0 Å². The molecule has 0 radical (unpaired) electrons. The Bertz CT molecular complexity index is 667. The third kappa shape index (κ3) is 2.60. The Morgan fingerprint density at radius 3 is 2.90 bits per heavy atom. The van der Waals surface area contributed by atoms with Gasteiger partial charge in [0.15, 0.2) is 5.58 Å². The van der Waals surface area contributed by atoms with E-state index in [1.807, 2.05) is 0 Å². The molecular weight excluding hydrogens is 260 g/mol. The van der Waals surface area contributed by atoms with Crippen molar-refractivity contribution in [2.24, 2.45) is 0 Å². The molecule has 3 rings (SSSR count). The van der Waals surface area contributed by atoms with Crippen LogP contribution in [0.3, 0.4) is 0 Å². The van der Waals surface area contributed by atoms with Crippen molar-refractivity contribution in [1.29, 1.82) is 0 Å². The van der Waals surface area contributed by atoms with Crippen LogP contribution in [0.2, 0.25) is 0 Å². The van der Waals surface area contributed by atoms with Gasteiger partial charge in [-0.1, -0.05) is 25.0 Å². The van der Waals surface area contributed by atoms with Crippen LogP contribution in [-0.2, 0) is 16.2 Å². The molecule has 1 aromatic heterocycles. The molecule has 0 atom stereocenters. The lowest BCUT2D eigenvalue weighted by molar-refractivity contribution is -0.138. The Hall–Kier alpha value is -2.08. The van der Waals surface area contributed by atoms with Gasteiger partial charge in [-0.05, 0) is 25.0 Å². The summed E-state index contributed by atoms with van der Waals surface area (Å²) in [6, 6.07) is 7.01. The summed E-state index contributed by atoms with van der Waals surface area (Å²) in [6.07, 6.45) is 4.29. The number of fused-ring (bicyclic) bond motifs is 1. The molecular formula is C14H16N2O4. The average molecular weight is 276 g/mol. The van der Waals surface area contributed by atoms with Crippen LogP contribution in [0.1, 0.15) is 25.7 Å². The van der Waals surface area contributed by atoms with Crippen LogP contribution in [0.25, 0.3) is 11.1 Å². The molecule has 0 spiro atoms. The molecule has 1 aliphatic carbocycles. The summed E-state index contributed by atoms with van der Waals surface area (Å²) in [7, 11) is 0. The molecule has 1 fully saturated rings. The molecule has 1 aliphatic rings. The van der Waals surface area contributed by atoms with Gasteiger partial charge >= 0.3 is 5.76 Å². The Morgan fingerprint density at radius 2 is 2.10 bits per heavy atom. The lowest BCUT2D eigenvalue weighted by Crippen LogP contribution is -2.33. The summed E-state index contributed by atoms with van der Waals surface area (Å²) in [5, 5.41) is 0. The molecule has 106 valence electrons. The number of aromatic nitrogens is 1. The fourth-order valence-electron chi connectivity index (χ4n) is 2.49. The van der Waals surface area contributed by atoms with Gasteiger partial charge < -0.3 is 4.42 Å². The predicted octanol–water partition coefficient (Wildman–Crippen LogP) is 1.58. The number of oxazole rings is 1. The van der Waals surface area contributed by atoms with E-state index < -0.39 is 5.76 Å². The highest BCUT2D eigenvalue weighted by molar-refractivity contribution is 5.78. The molecule has 1 aromatic carbocycles. The van der Waals surface area contributed by atoms with Crippen molar-refractivity contribution in [3.63, 3.8) is 0 Å². The fourth-order valence-corrected chi connectivity index (χ4v) is 2.49. The Labute approximate surface area is 115 Å². The van der Waals surface area contributed by atoms with E-state index in [0.29, 0.717) is 11.1 Å². The van der Waals surface area contributed by atoms with Gasteiger partial charge in [-0.2, -0.15) is 0 Å². The minimum Gasteiger partial charge on any atom is -0.408 e. The first kappa shape index (κ1) is 12.9. The van der Waals surface area contributed by atoms with Crippen molar-refractivity contribution < 1.29 is 14.0 Å². The normalized spacial score (nSPS) is 15.8. The van der Waals surface area contributed by atoms with Gasteiger partial charge in [0.2, 0.25) is 0 Å². The molecule has 1 heterocycles. The molecule has 6 nitrogen and oxygen atoms in total. The largest absolute Gasteiger partial charge is 0.420 e. The minimum absolute atomic E-state index is 0.0942. The molecule has 2 aromatic rings. The molecule has 1 N–H and O–H groups in total. The number of hydroxylamine groups is 1. The lowest BCUT2D eigenvalue weighted by Gasteiger charge is -2.11. The Balaban J connectivity index is 1.67. The average Bonchev–Trinajstić information content (AvgIpc) is 3.06. The SMILES string of the molecule is O=C(Cn1c(=O)oc2ccccc21)NOC1CCCC1. The molecule has 0 unspecified atom stereocenters. The second-order valence-corrected chi connectivity index (χ2v) is 4.97. The van der Waals surface area contributed by atoms with Crippen LogP contribution < -0.4 is 11.2 Å². The van der Waals surface area contributed by atoms with Crippen molar-refractivity contribution in [2.45, 2.75) is 38.3 Å². The summed E-state index contributed by atoms with van der Waals surface area (Å²) < 4.78 is 6.36. The number of carbonyl (C=O) groups excluding carboxylic acids is 1. The third-order valence-electron chi connectivity index (χ3n) is 3.52. The molecule has 0 aliphatic heterocycles. The standard InChI is InChI=1S/C14H16N2O4/c17-13(15-20-10-5-1-2-6-10)9-16-11-7-3-4-8-12(11)19-14(16)18/h3-4,7-8,10H,1-2,5-6,9H2,(H,15,17). The first-order valence-corrected chi connectivity index (χ1v) is 6.77. The van der Waals surface area contributed by atoms with E-state index in [1.54, 1.807) is 24.3 Å². The smallest absolute Gasteiger partial charge is 0.408 e. The molecule has 6 heteroatoms. The quantitative estimate of drug-likeness (QED) is 0.860. The minimum atomic E-state index is -0.540. The zero-order chi connectivity index (χ0) is 13.9. The van der Waals surface area contributed by atoms with E-state index in [9.17, 15) is 9.59 Å². The van der Waals surface area contributed by atoms with Gasteiger partial charge in [0, 0.05) is 0 Å². The maximum atomic E-state index is 11.8. The maximum absolute atomic E-state index is 11.8. The maximum Gasteiger partial charge on any atom is 0.420 e. The first-order chi connectivity index (χ1) is 9.74. The molecule has 1 saturated carbocycles. The summed E-state index contributed by atoms with van der Waals surface area (Å²) in [4.78, 5) is 28.9. The molecule has 0 saturated heterocycles. The second kappa shape index (κ2) is 5.50. The second-order valence-electron chi connectivity index (χ2n) is 4.97. The highest BCUT2D eigenvalue weighted by atomic mass is 16.7. The third-order valence-corrected chi connectivity index (χ3v) is 3.52. The first-order valence-electron chi connectivity index (χ1n) is 6.77. The van der Waals surface area contributed by atoms with E-state index in [0.717, 1.165) is 25.7 Å². The predicted molar refractivity (Wildman–Crippen MR) is 72.0 cm³/mol. The van der Waals surface area contributed by atoms with E-state index in [-0.39, 0.29) is 18.6 Å². The molecule has 0 bridgehead atoms. The van der Waals surface area contributed by atoms with Crippen molar-refractivity contribution in [3.05, 3.63) is 34.8 Å². The van der Waals surface area contributed by atoms with Gasteiger partial charge in [0.25, 0.3) is 5.91 Å². The van der Waals surface area contributed by atoms with Gasteiger partial charge in [-0.25, -0.2) is 10.3 Å². The van der Waals surface area contributed by atoms with Gasteiger partial charge in [-0.15, -0.1) is 0 Å². The number of nitrogens with zero attached hydrogens (tertiary/aromatic N) is 1. The van der Waals surface area contributed by atoms with Crippen LogP contribution in [0.15, 0.2) is 33.5 Å². The number of carbonyl (C=O) groups is 1. The summed E-state index contributed by atoms with van der Waals surface area (Å²) in [6.45, 7) is -0.109. The van der Waals surface area contributed by atoms with Crippen LogP contribution in [-0.4, -0.2) is 16.6 Å². The Kier molecular flexibility index (Phi) is 3.56. The Morgan fingerprint density at radius 1 is 1.35 bits per heavy atom. The van der Waals surface area contributed by atoms with Crippen molar-refractivity contribution in [1.82, 2.24) is 10.0 Å². The van der Waals surface area contributed by atoms with E-state index in [1.165, 1.54) is 4.57 Å². The lowest BCUT2D eigenvalue weighted by atomic mass is 10.3. The number of rotatable bonds is 4. The van der Waals surface area contributed by atoms with Crippen LogP contribution in [0.4, 0.5) is 0 Å². The molecule has 20 heavy (non-hydrogen) atoms. The van der Waals surface area contributed by atoms with Crippen LogP contribution in [0, 0.1) is 0 Å². The number of benzene rings is 1. The number of para-hydroxylation sites is 2. The highest BCUT2D eigenvalue weighted by Gasteiger charge is 2.18. The number of nitrogens with one attached hydrogen (secondary N) is 1. The summed E-state index contributed by atoms with van der Waals surface area (Å²) >= 11 is 0. The summed E-state index contributed by atoms with van der Waals surface area (Å²) in [5.41, 5.74) is 3.49. The summed E-state index contributed by atoms with van der Waals surface area (Å²) in [5.74, 6) is -0.896. The number of hydrogen-bond donors (Lipinski definition) is 1. The zero-order valence-corrected chi connectivity index (χ0v) is 11.0. The van der Waals surface area contributed by atoms with Crippen molar-refractivity contribution in [2.75, 3.05) is 0 Å². The topological polar surface area (TPSA) is 73.5 Å². The van der Waals surface area contributed by atoms with Gasteiger partial charge in [0.05, 0.1) is 11.6 Å². The fraction of sp³-hybridized carbons (Fsp3) is 0.429. The van der Waals surface area contributed by atoms with Gasteiger partial charge in [0.1, 0.15) is 6.54 Å². The van der Waals surface area contributed by atoms with E-state index in [4.69, 9.17) is 9.25 Å². The van der Waals surface area contributed by atoms with Crippen molar-refractivity contribution in [3.8, 4) is 0 Å². The number of amides is 1. The van der Waals surface area contributed by atoms with Crippen LogP contribution in [0.5, 0.6) is 0 Å². The zero-order valence-electron chi connectivity index (χ0n) is 11.0. The van der Waals surface area contributed by atoms with E-state index in [2.05, 4.69) is 5.48 Å². The monoisotopic (exact) mass is 276 g/mol. The molecule has 1 amide bonds. The van der Waals surface area contributed by atoms with Gasteiger partial charge in [-0.3, -0.25) is 14.2 Å². The van der Waals surface area contributed by atoms with Crippen LogP contribution >= 0.6 is 0 Å². The van der Waals surface area contributed by atoms with E-state index >= 15 is 0 Å². The number of hydrogen-bond acceptors (Lipinski definition) is 4. The highest BCUT2D eigenvalue weighted by Crippen LogP contribution is 2.19.